The monoisotopic (exact) mass is 1130 g/mol. The van der Waals surface area contributed by atoms with Crippen molar-refractivity contribution in [3.8, 4) is 23.0 Å². The van der Waals surface area contributed by atoms with E-state index in [2.05, 4.69) is 26.6 Å². The van der Waals surface area contributed by atoms with Gasteiger partial charge in [0.25, 0.3) is 23.6 Å². The second kappa shape index (κ2) is 24.5. The van der Waals surface area contributed by atoms with E-state index in [9.17, 15) is 33.6 Å². The lowest BCUT2D eigenvalue weighted by atomic mass is 9.92. The number of benzene rings is 3. The molecule has 1 aliphatic carbocycles. The van der Waals surface area contributed by atoms with Crippen molar-refractivity contribution < 1.29 is 52.5 Å². The number of ketones is 1. The molecule has 78 heavy (non-hydrogen) atoms. The summed E-state index contributed by atoms with van der Waals surface area (Å²) in [5.74, 6) is -0.221. The number of methoxy groups -OCH3 is 2. The van der Waals surface area contributed by atoms with Gasteiger partial charge in [0.15, 0.2) is 28.8 Å². The molecule has 1 fully saturated rings. The highest BCUT2D eigenvalue weighted by Gasteiger charge is 2.39. The number of ether oxygens (including phenoxy) is 4. The van der Waals surface area contributed by atoms with Crippen molar-refractivity contribution in [1.82, 2.24) is 20.0 Å². The highest BCUT2D eigenvalue weighted by atomic mass is 79.9. The number of anilines is 1. The van der Waals surface area contributed by atoms with E-state index in [0.29, 0.717) is 96.0 Å². The van der Waals surface area contributed by atoms with Crippen LogP contribution in [0, 0.1) is 17.8 Å². The van der Waals surface area contributed by atoms with Crippen LogP contribution in [0.1, 0.15) is 124 Å². The second-order valence-corrected chi connectivity index (χ2v) is 21.8. The minimum Gasteiger partial charge on any atom is -0.493 e. The molecular weight excluding hydrogens is 1060 g/mol. The van der Waals surface area contributed by atoms with Crippen molar-refractivity contribution in [3.63, 3.8) is 0 Å². The fraction of sp³-hybridized carbons (Fsp3) is 0.441. The first-order valence-corrected chi connectivity index (χ1v) is 27.7. The number of hydrogen-bond donors (Lipinski definition) is 2. The Morgan fingerprint density at radius 3 is 1.87 bits per heavy atom. The van der Waals surface area contributed by atoms with Crippen LogP contribution in [0.25, 0.3) is 5.57 Å². The number of rotatable bonds is 25. The van der Waals surface area contributed by atoms with Crippen LogP contribution in [-0.4, -0.2) is 120 Å². The minimum absolute atomic E-state index is 0.0645. The molecule has 0 bridgehead atoms. The Bertz CT molecular complexity index is 3030. The number of nitrogens with one attached hydrogen (secondary N) is 2. The Morgan fingerprint density at radius 1 is 0.718 bits per heavy atom. The number of hydrogen-bond acceptors (Lipinski definition) is 13. The van der Waals surface area contributed by atoms with Gasteiger partial charge in [-0.3, -0.25) is 48.4 Å². The number of halogens is 1. The highest BCUT2D eigenvalue weighted by molar-refractivity contribution is 9.12. The lowest BCUT2D eigenvalue weighted by Gasteiger charge is -2.23. The maximum atomic E-state index is 14.1. The fourth-order valence-corrected chi connectivity index (χ4v) is 10.7. The lowest BCUT2D eigenvalue weighted by Crippen LogP contribution is -2.45. The molecule has 2 N–H and O–H groups in total. The van der Waals surface area contributed by atoms with Crippen molar-refractivity contribution in [3.05, 3.63) is 93.8 Å². The smallest absolute Gasteiger partial charge is 0.267 e. The number of carbonyl (C=O) groups excluding carboxylic acids is 7. The van der Waals surface area contributed by atoms with E-state index in [4.69, 9.17) is 28.9 Å². The van der Waals surface area contributed by atoms with Crippen molar-refractivity contribution in [2.75, 3.05) is 39.3 Å². The number of fused-ring (bicyclic) bond motifs is 4. The molecule has 3 aromatic rings. The number of carbonyl (C=O) groups is 7. The molecule has 9 rings (SSSR count). The van der Waals surface area contributed by atoms with Gasteiger partial charge in [0.1, 0.15) is 0 Å². The van der Waals surface area contributed by atoms with Crippen LogP contribution in [0.2, 0.25) is 0 Å². The average Bonchev–Trinajstić information content (AvgIpc) is 4.04. The SMILES string of the molecule is COc1cc2c(cc1OCCCCCOc1cc3c(cc1OC)C(=O)N1C=C(c4ccc(NC(=O)[C@@H](C)CC(=O)[C@H](NC(=O)CCCCCN5C(=O)C=C(Br)C5=O)C(C)C)cc4)C[C@@H]1C=N3)N=C[C@@H]1CC(C3CC3)=CN1C2=O. The zero-order valence-corrected chi connectivity index (χ0v) is 46.3. The van der Waals surface area contributed by atoms with E-state index < -0.39 is 12.0 Å². The number of imide groups is 1. The standard InChI is InChI=1S/C59H66BrN7O11/c1-34(2)55(64-53(69)12-8-6-9-19-65-54(70)27-45(60)59(65)74)48(68)22-35(3)56(71)63-40-17-15-37(16-18-40)39-24-42-31-62-47-29-52(50(76-5)26-44(47)58(73)67(42)33-39)78-21-11-7-10-20-77-51-28-46-43(25-49(51)75-4)57(72)66-32-38(36-13-14-36)23-41(66)30-61-46/h15-18,25-36,41-42,55H,6-14,19-24H2,1-5H3,(H,63,71)(H,64,69)/t35-,41-,42+,55+/m0/s1. The molecule has 18 nitrogen and oxygen atoms in total. The summed E-state index contributed by atoms with van der Waals surface area (Å²) >= 11 is 3.08. The van der Waals surface area contributed by atoms with Crippen LogP contribution in [-0.2, 0) is 24.0 Å². The summed E-state index contributed by atoms with van der Waals surface area (Å²) in [5, 5.41) is 5.75. The lowest BCUT2D eigenvalue weighted by molar-refractivity contribution is -0.137. The topological polar surface area (TPSA) is 215 Å². The van der Waals surface area contributed by atoms with Crippen LogP contribution in [0.4, 0.5) is 17.1 Å². The van der Waals surface area contributed by atoms with E-state index >= 15 is 0 Å². The molecule has 0 unspecified atom stereocenters. The van der Waals surface area contributed by atoms with E-state index in [1.165, 1.54) is 31.6 Å². The Morgan fingerprint density at radius 2 is 1.31 bits per heavy atom. The van der Waals surface area contributed by atoms with E-state index in [0.717, 1.165) is 41.7 Å². The van der Waals surface area contributed by atoms with Gasteiger partial charge in [-0.25, -0.2) is 0 Å². The van der Waals surface area contributed by atoms with Crippen molar-refractivity contribution in [1.29, 1.82) is 0 Å². The van der Waals surface area contributed by atoms with Crippen LogP contribution >= 0.6 is 15.9 Å². The molecule has 0 radical (unpaired) electrons. The third-order valence-electron chi connectivity index (χ3n) is 14.9. The predicted octanol–water partition coefficient (Wildman–Crippen LogP) is 9.41. The maximum absolute atomic E-state index is 14.1. The van der Waals surface area contributed by atoms with Gasteiger partial charge in [-0.15, -0.1) is 0 Å². The second-order valence-electron chi connectivity index (χ2n) is 21.0. The first-order valence-electron chi connectivity index (χ1n) is 26.9. The van der Waals surface area contributed by atoms with Gasteiger partial charge in [0.05, 0.1) is 72.5 Å². The number of unbranched alkanes of at least 4 members (excludes halogenated alkanes) is 4. The first kappa shape index (κ1) is 55.3. The number of aliphatic imine (C=N–C) groups is 2. The van der Waals surface area contributed by atoms with Gasteiger partial charge in [-0.05, 0) is 120 Å². The van der Waals surface area contributed by atoms with Gasteiger partial charge in [-0.1, -0.05) is 39.3 Å². The molecule has 410 valence electrons. The van der Waals surface area contributed by atoms with Gasteiger partial charge < -0.3 is 39.4 Å². The zero-order valence-electron chi connectivity index (χ0n) is 44.7. The van der Waals surface area contributed by atoms with Gasteiger partial charge in [-0.2, -0.15) is 0 Å². The minimum atomic E-state index is -0.759. The van der Waals surface area contributed by atoms with Gasteiger partial charge >= 0.3 is 0 Å². The molecule has 19 heteroatoms. The molecule has 3 aromatic carbocycles. The van der Waals surface area contributed by atoms with Crippen LogP contribution < -0.4 is 29.6 Å². The van der Waals surface area contributed by atoms with Crippen LogP contribution in [0.5, 0.6) is 23.0 Å². The number of nitrogens with zero attached hydrogens (tertiary/aromatic N) is 5. The van der Waals surface area contributed by atoms with E-state index in [1.807, 2.05) is 44.6 Å². The summed E-state index contributed by atoms with van der Waals surface area (Å²) in [6.07, 6.45) is 16.6. The summed E-state index contributed by atoms with van der Waals surface area (Å²) < 4.78 is 23.9. The zero-order chi connectivity index (χ0) is 55.2. The van der Waals surface area contributed by atoms with Crippen LogP contribution in [0.3, 0.4) is 0 Å². The molecule has 1 saturated carbocycles. The third kappa shape index (κ3) is 12.6. The van der Waals surface area contributed by atoms with Crippen molar-refractivity contribution in [2.24, 2.45) is 27.7 Å². The summed E-state index contributed by atoms with van der Waals surface area (Å²) in [6, 6.07) is 13.1. The largest absolute Gasteiger partial charge is 0.493 e. The normalized spacial score (nSPS) is 19.0. The quantitative estimate of drug-likeness (QED) is 0.0602. The summed E-state index contributed by atoms with van der Waals surface area (Å²) in [4.78, 5) is 105. The molecule has 4 atom stereocenters. The Labute approximate surface area is 462 Å². The number of Topliss-reactive ketones (excluding diaryl/α,β-unsaturated/α-hetero) is 1. The Hall–Kier alpha value is -7.41. The molecule has 6 amide bonds. The number of amides is 6. The van der Waals surface area contributed by atoms with E-state index in [-0.39, 0.29) is 83.1 Å². The predicted molar refractivity (Wildman–Crippen MR) is 298 cm³/mol. The Balaban J connectivity index is 0.710. The summed E-state index contributed by atoms with van der Waals surface area (Å²) in [5.41, 5.74) is 5.61. The molecule has 5 heterocycles. The summed E-state index contributed by atoms with van der Waals surface area (Å²) in [6.45, 7) is 6.46. The fourth-order valence-electron chi connectivity index (χ4n) is 10.3. The molecule has 0 spiro atoms. The van der Waals surface area contributed by atoms with Crippen molar-refractivity contribution in [2.45, 2.75) is 116 Å². The first-order chi connectivity index (χ1) is 37.6. The van der Waals surface area contributed by atoms with Gasteiger partial charge in [0, 0.05) is 80.5 Å². The Kier molecular flexibility index (Phi) is 17.4. The average molecular weight is 1130 g/mol. The van der Waals surface area contributed by atoms with E-state index in [1.54, 1.807) is 66.4 Å². The molecular formula is C59H66BrN7O11. The molecule has 0 saturated heterocycles. The maximum Gasteiger partial charge on any atom is 0.267 e. The van der Waals surface area contributed by atoms with Gasteiger partial charge in [0.2, 0.25) is 11.8 Å². The highest BCUT2D eigenvalue weighted by Crippen LogP contribution is 2.45. The van der Waals surface area contributed by atoms with Crippen LogP contribution in [0.15, 0.2) is 87.0 Å². The summed E-state index contributed by atoms with van der Waals surface area (Å²) in [7, 11) is 3.10. The molecule has 5 aliphatic heterocycles. The molecule has 6 aliphatic rings. The molecule has 0 aromatic heterocycles. The van der Waals surface area contributed by atoms with Crippen molar-refractivity contribution >= 4 is 92.2 Å². The third-order valence-corrected chi connectivity index (χ3v) is 15.5.